The Bertz CT molecular complexity index is 1430. The van der Waals surface area contributed by atoms with E-state index < -0.39 is 17.4 Å². The molecule has 4 aromatic rings. The van der Waals surface area contributed by atoms with Crippen LogP contribution in [0.3, 0.4) is 0 Å². The average molecular weight is 517 g/mol. The molecule has 0 bridgehead atoms. The van der Waals surface area contributed by atoms with E-state index in [1.54, 1.807) is 23.4 Å². The molecule has 1 saturated heterocycles. The van der Waals surface area contributed by atoms with Crippen LogP contribution in [0.1, 0.15) is 28.8 Å². The maximum Gasteiger partial charge on any atom is 0.243 e. The largest absolute Gasteiger partial charge is 0.508 e. The van der Waals surface area contributed by atoms with Gasteiger partial charge in [-0.25, -0.2) is 4.39 Å². The lowest BCUT2D eigenvalue weighted by Gasteiger charge is -2.47. The second-order valence-electron chi connectivity index (χ2n) is 9.02. The molecule has 0 aliphatic carbocycles. The molecule has 1 aliphatic heterocycles. The first-order valence-electron chi connectivity index (χ1n) is 11.7. The number of carbonyl (C=O) groups is 1. The Morgan fingerprint density at radius 1 is 0.973 bits per heavy atom. The van der Waals surface area contributed by atoms with Crippen molar-refractivity contribution in [3.63, 3.8) is 0 Å². The number of anilines is 1. The Hall–Kier alpha value is -3.88. The molecular formula is C29H25FN2O4S. The molecule has 37 heavy (non-hydrogen) atoms. The van der Waals surface area contributed by atoms with E-state index in [1.807, 2.05) is 37.3 Å². The molecule has 8 heteroatoms. The van der Waals surface area contributed by atoms with E-state index in [4.69, 9.17) is 0 Å². The normalized spacial score (nSPS) is 17.9. The molecule has 1 amide bonds. The number of hydrogen-bond donors (Lipinski definition) is 3. The fraction of sp³-hybridized carbons (Fsp3) is 0.172. The van der Waals surface area contributed by atoms with Crippen molar-refractivity contribution in [1.82, 2.24) is 4.98 Å². The second-order valence-corrected chi connectivity index (χ2v) is 10.2. The first kappa shape index (κ1) is 24.8. The first-order valence-corrected chi connectivity index (χ1v) is 12.8. The number of halogens is 1. The lowest BCUT2D eigenvalue weighted by molar-refractivity contribution is -0.123. The van der Waals surface area contributed by atoms with E-state index in [-0.39, 0.29) is 29.0 Å². The summed E-state index contributed by atoms with van der Waals surface area (Å²) < 4.78 is 13.2. The van der Waals surface area contributed by atoms with Crippen molar-refractivity contribution in [2.45, 2.75) is 24.3 Å². The molecule has 3 N–H and O–H groups in total. The third-order valence-corrected chi connectivity index (χ3v) is 7.75. The van der Waals surface area contributed by atoms with Crippen molar-refractivity contribution in [3.8, 4) is 22.6 Å². The van der Waals surface area contributed by atoms with Crippen LogP contribution in [-0.4, -0.2) is 37.2 Å². The number of β-lactam (4-membered cyclic amide) rings is 1. The maximum absolute atomic E-state index is 13.4. The fourth-order valence-electron chi connectivity index (χ4n) is 4.50. The van der Waals surface area contributed by atoms with Crippen molar-refractivity contribution < 1.29 is 24.5 Å². The van der Waals surface area contributed by atoms with Gasteiger partial charge in [-0.2, -0.15) is 0 Å². The molecule has 0 unspecified atom stereocenters. The van der Waals surface area contributed by atoms with Crippen molar-refractivity contribution in [2.24, 2.45) is 0 Å². The number of hydrogen-bond acceptors (Lipinski definition) is 6. The zero-order valence-corrected chi connectivity index (χ0v) is 20.8. The monoisotopic (exact) mass is 516 g/mol. The van der Waals surface area contributed by atoms with Crippen molar-refractivity contribution in [3.05, 3.63) is 108 Å². The van der Waals surface area contributed by atoms with Gasteiger partial charge in [0, 0.05) is 41.0 Å². The van der Waals surface area contributed by atoms with Gasteiger partial charge >= 0.3 is 0 Å². The molecule has 0 radical (unpaired) electrons. The van der Waals surface area contributed by atoms with Crippen LogP contribution in [0.15, 0.2) is 85.2 Å². The predicted octanol–water partition coefficient (Wildman–Crippen LogP) is 5.53. The number of rotatable bonds is 7. The highest BCUT2D eigenvalue weighted by atomic mass is 32.2. The molecule has 1 aliphatic rings. The van der Waals surface area contributed by atoms with Crippen LogP contribution in [0.4, 0.5) is 10.1 Å². The van der Waals surface area contributed by atoms with Crippen LogP contribution in [0.5, 0.6) is 11.5 Å². The number of pyridine rings is 1. The SMILES string of the molecule is Cc1cncc(-c2ccc(N3C(=O)[C@H](SC[C@H](O)c4ccc(F)cc4)[C@H]3c3ccc(O)cc3O)cc2)c1. The Morgan fingerprint density at radius 3 is 2.38 bits per heavy atom. The minimum Gasteiger partial charge on any atom is -0.508 e. The van der Waals surface area contributed by atoms with Crippen molar-refractivity contribution in [1.29, 1.82) is 0 Å². The summed E-state index contributed by atoms with van der Waals surface area (Å²) in [5, 5.41) is 30.4. The minimum absolute atomic E-state index is 0.0782. The molecule has 1 fully saturated rings. The summed E-state index contributed by atoms with van der Waals surface area (Å²) >= 11 is 1.28. The number of aryl methyl sites for hydroxylation is 1. The van der Waals surface area contributed by atoms with E-state index in [9.17, 15) is 24.5 Å². The number of phenolic OH excluding ortho intramolecular Hbond substituents is 2. The number of carbonyl (C=O) groups excluding carboxylic acids is 1. The molecule has 0 spiro atoms. The summed E-state index contributed by atoms with van der Waals surface area (Å²) in [7, 11) is 0. The molecule has 1 aromatic heterocycles. The number of nitrogens with zero attached hydrogens (tertiary/aromatic N) is 2. The molecule has 0 saturated carbocycles. The van der Waals surface area contributed by atoms with E-state index in [0.29, 0.717) is 16.8 Å². The van der Waals surface area contributed by atoms with Crippen LogP contribution >= 0.6 is 11.8 Å². The van der Waals surface area contributed by atoms with Crippen LogP contribution in [0.25, 0.3) is 11.1 Å². The quantitative estimate of drug-likeness (QED) is 0.280. The van der Waals surface area contributed by atoms with Gasteiger partial charge in [-0.3, -0.25) is 9.78 Å². The van der Waals surface area contributed by atoms with Gasteiger partial charge in [0.15, 0.2) is 0 Å². The summed E-state index contributed by atoms with van der Waals surface area (Å²) in [6, 6.07) is 19.0. The number of aliphatic hydroxyl groups excluding tert-OH is 1. The van der Waals surface area contributed by atoms with Crippen LogP contribution in [0, 0.1) is 12.7 Å². The van der Waals surface area contributed by atoms with Gasteiger partial charge in [-0.15, -0.1) is 11.8 Å². The smallest absolute Gasteiger partial charge is 0.243 e. The predicted molar refractivity (Wildman–Crippen MR) is 142 cm³/mol. The molecule has 5 rings (SSSR count). The maximum atomic E-state index is 13.4. The second kappa shape index (κ2) is 10.2. The average Bonchev–Trinajstić information content (AvgIpc) is 2.88. The number of benzene rings is 3. The van der Waals surface area contributed by atoms with Gasteiger partial charge in [-0.1, -0.05) is 24.3 Å². The Balaban J connectivity index is 1.40. The minimum atomic E-state index is -0.885. The molecule has 3 atom stereocenters. The number of thioether (sulfide) groups is 1. The van der Waals surface area contributed by atoms with Gasteiger partial charge in [0.2, 0.25) is 5.91 Å². The van der Waals surface area contributed by atoms with Crippen molar-refractivity contribution in [2.75, 3.05) is 10.7 Å². The highest BCUT2D eigenvalue weighted by molar-refractivity contribution is 8.00. The molecule has 188 valence electrons. The topological polar surface area (TPSA) is 93.9 Å². The van der Waals surface area contributed by atoms with Crippen LogP contribution in [0.2, 0.25) is 0 Å². The summed E-state index contributed by atoms with van der Waals surface area (Å²) in [6.07, 6.45) is 2.69. The first-order chi connectivity index (χ1) is 17.8. The lowest BCUT2D eigenvalue weighted by atomic mass is 9.91. The van der Waals surface area contributed by atoms with E-state index in [1.165, 1.54) is 48.2 Å². The zero-order valence-electron chi connectivity index (χ0n) is 20.0. The van der Waals surface area contributed by atoms with E-state index >= 15 is 0 Å². The Morgan fingerprint density at radius 2 is 1.70 bits per heavy atom. The third kappa shape index (κ3) is 5.03. The standard InChI is InChI=1S/C29H25FN2O4S/c1-17-12-20(15-31-14-17)18-4-8-22(9-5-18)32-27(24-11-10-23(33)13-25(24)34)28(29(32)36)37-16-26(35)19-2-6-21(30)7-3-19/h2-15,26-28,33-35H,16H2,1H3/t26-,27+,28+/m0/s1. The molecular weight excluding hydrogens is 491 g/mol. The summed E-state index contributed by atoms with van der Waals surface area (Å²) in [5.74, 6) is -0.523. The number of amides is 1. The third-order valence-electron chi connectivity index (χ3n) is 6.42. The molecule has 3 aromatic carbocycles. The van der Waals surface area contributed by atoms with E-state index in [0.717, 1.165) is 16.7 Å². The zero-order chi connectivity index (χ0) is 26.1. The van der Waals surface area contributed by atoms with Crippen molar-refractivity contribution >= 4 is 23.4 Å². The highest BCUT2D eigenvalue weighted by Gasteiger charge is 2.50. The number of phenols is 2. The van der Waals surface area contributed by atoms with Crippen LogP contribution < -0.4 is 4.90 Å². The van der Waals surface area contributed by atoms with Crippen LogP contribution in [-0.2, 0) is 4.79 Å². The molecule has 2 heterocycles. The summed E-state index contributed by atoms with van der Waals surface area (Å²) in [6.45, 7) is 1.98. The van der Waals surface area contributed by atoms with Gasteiger partial charge in [0.05, 0.1) is 12.1 Å². The Kier molecular flexibility index (Phi) is 6.86. The van der Waals surface area contributed by atoms with E-state index in [2.05, 4.69) is 4.98 Å². The molecule has 6 nitrogen and oxygen atoms in total. The summed E-state index contributed by atoms with van der Waals surface area (Å²) in [5.41, 5.74) is 4.71. The number of aromatic hydroxyl groups is 2. The number of aliphatic hydroxyl groups is 1. The Labute approximate surface area is 218 Å². The fourth-order valence-corrected chi connectivity index (χ4v) is 5.79. The van der Waals surface area contributed by atoms with Gasteiger partial charge < -0.3 is 20.2 Å². The van der Waals surface area contributed by atoms with Gasteiger partial charge in [0.25, 0.3) is 0 Å². The van der Waals surface area contributed by atoms with Gasteiger partial charge in [0.1, 0.15) is 22.6 Å². The summed E-state index contributed by atoms with van der Waals surface area (Å²) in [4.78, 5) is 19.2. The highest BCUT2D eigenvalue weighted by Crippen LogP contribution is 2.48. The lowest BCUT2D eigenvalue weighted by Crippen LogP contribution is -2.57. The number of aromatic nitrogens is 1. The van der Waals surface area contributed by atoms with Gasteiger partial charge in [-0.05, 0) is 66.1 Å².